The third kappa shape index (κ3) is 2.41. The lowest BCUT2D eigenvalue weighted by Gasteiger charge is -2.44. The van der Waals surface area contributed by atoms with Gasteiger partial charge in [-0.25, -0.2) is 4.39 Å². The molecule has 2 amide bonds. The van der Waals surface area contributed by atoms with E-state index >= 15 is 0 Å². The topological polar surface area (TPSA) is 49.4 Å². The highest BCUT2D eigenvalue weighted by molar-refractivity contribution is 6.09. The van der Waals surface area contributed by atoms with Crippen LogP contribution < -0.4 is 10.2 Å². The monoisotopic (exact) mass is 290 g/mol. The van der Waals surface area contributed by atoms with E-state index in [0.717, 1.165) is 24.8 Å². The molecule has 1 aliphatic carbocycles. The smallest absolute Gasteiger partial charge is 0.253 e. The van der Waals surface area contributed by atoms with Gasteiger partial charge in [0, 0.05) is 0 Å². The molecule has 3 rings (SSSR count). The molecule has 1 saturated heterocycles. The van der Waals surface area contributed by atoms with Gasteiger partial charge >= 0.3 is 0 Å². The molecule has 1 aromatic rings. The second kappa shape index (κ2) is 5.13. The van der Waals surface area contributed by atoms with E-state index in [2.05, 4.69) is 5.32 Å². The van der Waals surface area contributed by atoms with E-state index in [1.165, 1.54) is 17.0 Å². The molecule has 0 bridgehead atoms. The molecule has 1 saturated carbocycles. The molecule has 2 fully saturated rings. The minimum atomic E-state index is -0.785. The number of rotatable bonds is 1. The van der Waals surface area contributed by atoms with Crippen LogP contribution in [-0.2, 0) is 9.59 Å². The Balaban J connectivity index is 1.99. The van der Waals surface area contributed by atoms with Gasteiger partial charge in [0.15, 0.2) is 0 Å². The number of halogens is 1. The minimum absolute atomic E-state index is 0.0368. The molecule has 0 unspecified atom stereocenters. The van der Waals surface area contributed by atoms with Gasteiger partial charge in [0.05, 0.1) is 5.69 Å². The average molecular weight is 290 g/mol. The van der Waals surface area contributed by atoms with Crippen molar-refractivity contribution in [2.24, 2.45) is 0 Å². The number of nitrogens with zero attached hydrogens (tertiary/aromatic N) is 1. The Hall–Kier alpha value is -1.91. The number of amides is 2. The predicted molar refractivity (Wildman–Crippen MR) is 77.4 cm³/mol. The van der Waals surface area contributed by atoms with Crippen molar-refractivity contribution < 1.29 is 14.0 Å². The maximum Gasteiger partial charge on any atom is 0.253 e. The zero-order valence-corrected chi connectivity index (χ0v) is 12.1. The summed E-state index contributed by atoms with van der Waals surface area (Å²) in [7, 11) is 0. The summed E-state index contributed by atoms with van der Waals surface area (Å²) < 4.78 is 13.5. The first-order valence-electron chi connectivity index (χ1n) is 7.41. The molecule has 1 aliphatic heterocycles. The largest absolute Gasteiger partial charge is 0.340 e. The predicted octanol–water partition coefficient (Wildman–Crippen LogP) is 2.30. The zero-order chi connectivity index (χ0) is 15.0. The van der Waals surface area contributed by atoms with E-state index in [-0.39, 0.29) is 18.4 Å². The van der Waals surface area contributed by atoms with E-state index in [0.29, 0.717) is 18.5 Å². The summed E-state index contributed by atoms with van der Waals surface area (Å²) in [6.45, 7) is 1.78. The number of anilines is 1. The first kappa shape index (κ1) is 14.0. The summed E-state index contributed by atoms with van der Waals surface area (Å²) in [6.07, 6.45) is 4.29. The molecule has 1 N–H and O–H groups in total. The molecule has 2 aliphatic rings. The lowest BCUT2D eigenvalue weighted by Crippen LogP contribution is -2.67. The van der Waals surface area contributed by atoms with Crippen molar-refractivity contribution in [3.63, 3.8) is 0 Å². The maximum atomic E-state index is 13.5. The van der Waals surface area contributed by atoms with E-state index in [1.807, 2.05) is 6.92 Å². The van der Waals surface area contributed by atoms with Crippen molar-refractivity contribution in [1.29, 1.82) is 0 Å². The Bertz CT molecular complexity index is 594. The molecule has 0 radical (unpaired) electrons. The van der Waals surface area contributed by atoms with Crippen molar-refractivity contribution in [2.75, 3.05) is 11.4 Å². The van der Waals surface area contributed by atoms with Crippen LogP contribution in [0.1, 0.15) is 37.7 Å². The van der Waals surface area contributed by atoms with Crippen molar-refractivity contribution in [1.82, 2.24) is 5.32 Å². The molecular weight excluding hydrogens is 271 g/mol. The number of carbonyl (C=O) groups is 2. The number of hydrogen-bond acceptors (Lipinski definition) is 2. The normalized spacial score (nSPS) is 21.5. The van der Waals surface area contributed by atoms with Crippen LogP contribution in [0.2, 0.25) is 0 Å². The van der Waals surface area contributed by atoms with Gasteiger partial charge in [0.2, 0.25) is 5.91 Å². The fourth-order valence-electron chi connectivity index (χ4n) is 3.40. The molecule has 0 aromatic heterocycles. The second-order valence-corrected chi connectivity index (χ2v) is 6.01. The molecule has 5 heteroatoms. The lowest BCUT2D eigenvalue weighted by molar-refractivity contribution is -0.137. The summed E-state index contributed by atoms with van der Waals surface area (Å²) in [4.78, 5) is 26.4. The fourth-order valence-corrected chi connectivity index (χ4v) is 3.40. The Kier molecular flexibility index (Phi) is 3.43. The Labute approximate surface area is 123 Å². The van der Waals surface area contributed by atoms with Crippen LogP contribution in [0.5, 0.6) is 0 Å². The summed E-state index contributed by atoms with van der Waals surface area (Å²) in [5.41, 5.74) is 0.511. The molecule has 112 valence electrons. The standard InChI is InChI=1S/C16H19FN2O2/c1-11-5-6-12(17)9-13(11)19-10-14(20)18-16(15(19)21)7-3-2-4-8-16/h5-6,9H,2-4,7-8,10H2,1H3,(H,18,20). The van der Waals surface area contributed by atoms with Crippen LogP contribution in [0.3, 0.4) is 0 Å². The van der Waals surface area contributed by atoms with Gasteiger partial charge in [-0.1, -0.05) is 25.3 Å². The molecule has 1 aromatic carbocycles. The van der Waals surface area contributed by atoms with Gasteiger partial charge in [-0.3, -0.25) is 9.59 Å². The summed E-state index contributed by atoms with van der Waals surface area (Å²) in [5, 5.41) is 2.89. The Morgan fingerprint density at radius 2 is 1.90 bits per heavy atom. The van der Waals surface area contributed by atoms with Gasteiger partial charge in [-0.15, -0.1) is 0 Å². The van der Waals surface area contributed by atoms with Gasteiger partial charge < -0.3 is 10.2 Å². The number of carbonyl (C=O) groups excluding carboxylic acids is 2. The van der Waals surface area contributed by atoms with Crippen LogP contribution in [0, 0.1) is 12.7 Å². The summed E-state index contributed by atoms with van der Waals surface area (Å²) in [5.74, 6) is -0.664. The van der Waals surface area contributed by atoms with Crippen LogP contribution in [0.15, 0.2) is 18.2 Å². The number of aryl methyl sites for hydroxylation is 1. The minimum Gasteiger partial charge on any atom is -0.340 e. The average Bonchev–Trinajstić information content (AvgIpc) is 2.47. The molecule has 0 atom stereocenters. The third-order valence-corrected chi connectivity index (χ3v) is 4.50. The number of piperazine rings is 1. The number of hydrogen-bond donors (Lipinski definition) is 1. The van der Waals surface area contributed by atoms with E-state index < -0.39 is 11.4 Å². The van der Waals surface area contributed by atoms with Crippen LogP contribution >= 0.6 is 0 Å². The quantitative estimate of drug-likeness (QED) is 0.863. The molecule has 4 nitrogen and oxygen atoms in total. The summed E-state index contributed by atoms with van der Waals surface area (Å²) >= 11 is 0. The van der Waals surface area contributed by atoms with E-state index in [1.54, 1.807) is 6.07 Å². The van der Waals surface area contributed by atoms with Gasteiger partial charge in [-0.2, -0.15) is 0 Å². The van der Waals surface area contributed by atoms with Gasteiger partial charge in [0.25, 0.3) is 5.91 Å². The maximum absolute atomic E-state index is 13.5. The lowest BCUT2D eigenvalue weighted by atomic mass is 9.79. The molecular formula is C16H19FN2O2. The van der Waals surface area contributed by atoms with Crippen LogP contribution in [-0.4, -0.2) is 23.9 Å². The van der Waals surface area contributed by atoms with E-state index in [9.17, 15) is 14.0 Å². The summed E-state index contributed by atoms with van der Waals surface area (Å²) in [6, 6.07) is 4.34. The highest BCUT2D eigenvalue weighted by Crippen LogP contribution is 2.34. The van der Waals surface area contributed by atoms with Crippen molar-refractivity contribution in [3.8, 4) is 0 Å². The first-order valence-corrected chi connectivity index (χ1v) is 7.41. The van der Waals surface area contributed by atoms with Crippen molar-refractivity contribution in [3.05, 3.63) is 29.6 Å². The van der Waals surface area contributed by atoms with E-state index in [4.69, 9.17) is 0 Å². The number of nitrogens with one attached hydrogen (secondary N) is 1. The number of benzene rings is 1. The Morgan fingerprint density at radius 3 is 2.62 bits per heavy atom. The molecule has 21 heavy (non-hydrogen) atoms. The first-order chi connectivity index (χ1) is 10.0. The SMILES string of the molecule is Cc1ccc(F)cc1N1CC(=O)NC2(CCCCC2)C1=O. The van der Waals surface area contributed by atoms with Crippen molar-refractivity contribution >= 4 is 17.5 Å². The van der Waals surface area contributed by atoms with Gasteiger partial charge in [0.1, 0.15) is 17.9 Å². The molecule has 1 heterocycles. The van der Waals surface area contributed by atoms with Gasteiger partial charge in [-0.05, 0) is 37.5 Å². The zero-order valence-electron chi connectivity index (χ0n) is 12.1. The van der Waals surface area contributed by atoms with Crippen LogP contribution in [0.25, 0.3) is 0 Å². The fraction of sp³-hybridized carbons (Fsp3) is 0.500. The highest BCUT2D eigenvalue weighted by Gasteiger charge is 2.47. The van der Waals surface area contributed by atoms with Crippen LogP contribution in [0.4, 0.5) is 10.1 Å². The third-order valence-electron chi connectivity index (χ3n) is 4.50. The van der Waals surface area contributed by atoms with Crippen molar-refractivity contribution in [2.45, 2.75) is 44.6 Å². The highest BCUT2D eigenvalue weighted by atomic mass is 19.1. The Morgan fingerprint density at radius 1 is 1.19 bits per heavy atom. The molecule has 1 spiro atoms. The second-order valence-electron chi connectivity index (χ2n) is 6.01.